The molecule has 1 aliphatic heterocycles. The van der Waals surface area contributed by atoms with E-state index in [0.717, 1.165) is 44.2 Å². The minimum absolute atomic E-state index is 0.573. The fourth-order valence-corrected chi connectivity index (χ4v) is 2.71. The van der Waals surface area contributed by atoms with Gasteiger partial charge < -0.3 is 10.6 Å². The molecule has 1 aliphatic rings. The molecule has 1 aromatic carbocycles. The average Bonchev–Trinajstić information content (AvgIpc) is 2.37. The molecule has 1 unspecified atom stereocenters. The van der Waals surface area contributed by atoms with Crippen molar-refractivity contribution in [1.82, 2.24) is 4.90 Å². The molecule has 1 aromatic rings. The Bertz CT molecular complexity index is 383. The normalized spacial score (nSPS) is 21.3. The first-order chi connectivity index (χ1) is 8.70. The van der Waals surface area contributed by atoms with Gasteiger partial charge in [0.25, 0.3) is 0 Å². The van der Waals surface area contributed by atoms with Gasteiger partial charge in [0.1, 0.15) is 0 Å². The van der Waals surface area contributed by atoms with E-state index >= 15 is 0 Å². The third kappa shape index (κ3) is 3.37. The van der Waals surface area contributed by atoms with Crippen LogP contribution >= 0.6 is 11.6 Å². The second kappa shape index (κ2) is 6.41. The minimum Gasteiger partial charge on any atom is -0.369 e. The van der Waals surface area contributed by atoms with E-state index in [-0.39, 0.29) is 0 Å². The van der Waals surface area contributed by atoms with E-state index in [1.165, 1.54) is 5.69 Å². The molecule has 2 rings (SSSR count). The molecular weight excluding hydrogens is 246 g/mol. The molecule has 0 aromatic heterocycles. The summed E-state index contributed by atoms with van der Waals surface area (Å²) in [6.45, 7) is 7.41. The topological polar surface area (TPSA) is 32.5 Å². The summed E-state index contributed by atoms with van der Waals surface area (Å²) in [6.07, 6.45) is 1.08. The Hall–Kier alpha value is -0.770. The highest BCUT2D eigenvalue weighted by Crippen LogP contribution is 2.22. The van der Waals surface area contributed by atoms with Crippen molar-refractivity contribution < 1.29 is 0 Å². The third-order valence-electron chi connectivity index (χ3n) is 3.59. The van der Waals surface area contributed by atoms with Crippen LogP contribution in [0, 0.1) is 0 Å². The first-order valence-electron chi connectivity index (χ1n) is 6.65. The molecular formula is C14H22ClN3. The highest BCUT2D eigenvalue weighted by molar-refractivity contribution is 6.30. The van der Waals surface area contributed by atoms with E-state index in [0.29, 0.717) is 6.04 Å². The van der Waals surface area contributed by atoms with Crippen molar-refractivity contribution in [1.29, 1.82) is 0 Å². The SMILES string of the molecule is CC1CN(c2cccc(Cl)c2)CCN1CCCN. The molecule has 100 valence electrons. The standard InChI is InChI=1S/C14H22ClN3/c1-12-11-18(9-8-17(12)7-3-6-16)14-5-2-4-13(15)10-14/h2,4-5,10,12H,3,6-9,11,16H2,1H3. The van der Waals surface area contributed by atoms with E-state index in [2.05, 4.69) is 22.8 Å². The lowest BCUT2D eigenvalue weighted by atomic mass is 10.1. The number of piperazine rings is 1. The summed E-state index contributed by atoms with van der Waals surface area (Å²) in [5, 5.41) is 0.811. The fourth-order valence-electron chi connectivity index (χ4n) is 2.53. The van der Waals surface area contributed by atoms with Crippen molar-refractivity contribution in [2.75, 3.05) is 37.6 Å². The molecule has 0 radical (unpaired) electrons. The summed E-state index contributed by atoms with van der Waals surface area (Å²) >= 11 is 6.05. The molecule has 0 spiro atoms. The van der Waals surface area contributed by atoms with Gasteiger partial charge >= 0.3 is 0 Å². The van der Waals surface area contributed by atoms with Crippen molar-refractivity contribution >= 4 is 17.3 Å². The molecule has 18 heavy (non-hydrogen) atoms. The van der Waals surface area contributed by atoms with Crippen molar-refractivity contribution in [2.24, 2.45) is 5.73 Å². The highest BCUT2D eigenvalue weighted by Gasteiger charge is 2.23. The first-order valence-corrected chi connectivity index (χ1v) is 7.03. The predicted molar refractivity (Wildman–Crippen MR) is 78.4 cm³/mol. The van der Waals surface area contributed by atoms with Gasteiger partial charge in [-0.15, -0.1) is 0 Å². The van der Waals surface area contributed by atoms with Gasteiger partial charge in [0.15, 0.2) is 0 Å². The van der Waals surface area contributed by atoms with Crippen LogP contribution in [0.2, 0.25) is 5.02 Å². The van der Waals surface area contributed by atoms with Crippen LogP contribution in [0.25, 0.3) is 0 Å². The Morgan fingerprint density at radius 2 is 2.22 bits per heavy atom. The summed E-state index contributed by atoms with van der Waals surface area (Å²) in [5.74, 6) is 0. The quantitative estimate of drug-likeness (QED) is 0.908. The number of hydrogen-bond acceptors (Lipinski definition) is 3. The zero-order valence-corrected chi connectivity index (χ0v) is 11.7. The molecule has 1 atom stereocenters. The Balaban J connectivity index is 1.95. The molecule has 1 saturated heterocycles. The molecule has 0 amide bonds. The Morgan fingerprint density at radius 3 is 2.89 bits per heavy atom. The first kappa shape index (κ1) is 13.7. The van der Waals surface area contributed by atoms with Gasteiger partial charge in [-0.05, 0) is 44.6 Å². The van der Waals surface area contributed by atoms with Crippen molar-refractivity contribution in [3.05, 3.63) is 29.3 Å². The Kier molecular flexibility index (Phi) is 4.87. The maximum atomic E-state index is 6.05. The molecule has 4 heteroatoms. The number of nitrogens with zero attached hydrogens (tertiary/aromatic N) is 2. The maximum absolute atomic E-state index is 6.05. The van der Waals surface area contributed by atoms with Crippen molar-refractivity contribution in [3.63, 3.8) is 0 Å². The minimum atomic E-state index is 0.573. The van der Waals surface area contributed by atoms with E-state index in [4.69, 9.17) is 17.3 Å². The summed E-state index contributed by atoms with van der Waals surface area (Å²) in [7, 11) is 0. The second-order valence-corrected chi connectivity index (χ2v) is 5.39. The molecule has 1 fully saturated rings. The molecule has 2 N–H and O–H groups in total. The van der Waals surface area contributed by atoms with Gasteiger partial charge in [-0.3, -0.25) is 4.90 Å². The lowest BCUT2D eigenvalue weighted by molar-refractivity contribution is 0.188. The van der Waals surface area contributed by atoms with Gasteiger partial charge in [-0.1, -0.05) is 17.7 Å². The van der Waals surface area contributed by atoms with Crippen LogP contribution in [0.5, 0.6) is 0 Å². The van der Waals surface area contributed by atoms with E-state index in [1.54, 1.807) is 0 Å². The second-order valence-electron chi connectivity index (χ2n) is 4.95. The fraction of sp³-hybridized carbons (Fsp3) is 0.571. The Morgan fingerprint density at radius 1 is 1.39 bits per heavy atom. The predicted octanol–water partition coefficient (Wildman–Crippen LogP) is 2.20. The number of benzene rings is 1. The van der Waals surface area contributed by atoms with Crippen LogP contribution in [-0.2, 0) is 0 Å². The lowest BCUT2D eigenvalue weighted by Gasteiger charge is -2.41. The largest absolute Gasteiger partial charge is 0.369 e. The summed E-state index contributed by atoms with van der Waals surface area (Å²) in [5.41, 5.74) is 6.80. The zero-order chi connectivity index (χ0) is 13.0. The smallest absolute Gasteiger partial charge is 0.0426 e. The van der Waals surface area contributed by atoms with E-state index in [1.807, 2.05) is 18.2 Å². The van der Waals surface area contributed by atoms with Gasteiger partial charge in [0, 0.05) is 36.4 Å². The van der Waals surface area contributed by atoms with Crippen LogP contribution in [0.15, 0.2) is 24.3 Å². The number of hydrogen-bond donors (Lipinski definition) is 1. The molecule has 1 heterocycles. The zero-order valence-electron chi connectivity index (χ0n) is 11.0. The summed E-state index contributed by atoms with van der Waals surface area (Å²) in [6, 6.07) is 8.69. The highest BCUT2D eigenvalue weighted by atomic mass is 35.5. The van der Waals surface area contributed by atoms with Crippen LogP contribution in [0.3, 0.4) is 0 Å². The van der Waals surface area contributed by atoms with E-state index < -0.39 is 0 Å². The van der Waals surface area contributed by atoms with Gasteiger partial charge in [-0.2, -0.15) is 0 Å². The van der Waals surface area contributed by atoms with Gasteiger partial charge in [0.05, 0.1) is 0 Å². The molecule has 3 nitrogen and oxygen atoms in total. The number of nitrogens with two attached hydrogens (primary N) is 1. The number of halogens is 1. The molecule has 0 bridgehead atoms. The lowest BCUT2D eigenvalue weighted by Crippen LogP contribution is -2.52. The third-order valence-corrected chi connectivity index (χ3v) is 3.82. The summed E-state index contributed by atoms with van der Waals surface area (Å²) < 4.78 is 0. The van der Waals surface area contributed by atoms with Crippen molar-refractivity contribution in [3.8, 4) is 0 Å². The van der Waals surface area contributed by atoms with Crippen LogP contribution in [0.4, 0.5) is 5.69 Å². The van der Waals surface area contributed by atoms with Crippen LogP contribution in [-0.4, -0.2) is 43.7 Å². The maximum Gasteiger partial charge on any atom is 0.0426 e. The van der Waals surface area contributed by atoms with E-state index in [9.17, 15) is 0 Å². The average molecular weight is 268 g/mol. The Labute approximate surface area is 115 Å². The summed E-state index contributed by atoms with van der Waals surface area (Å²) in [4.78, 5) is 4.93. The molecule has 0 saturated carbocycles. The van der Waals surface area contributed by atoms with Crippen LogP contribution in [0.1, 0.15) is 13.3 Å². The molecule has 0 aliphatic carbocycles. The number of anilines is 1. The van der Waals surface area contributed by atoms with Crippen molar-refractivity contribution in [2.45, 2.75) is 19.4 Å². The van der Waals surface area contributed by atoms with Crippen LogP contribution < -0.4 is 10.6 Å². The number of rotatable bonds is 4. The monoisotopic (exact) mass is 267 g/mol. The van der Waals surface area contributed by atoms with Gasteiger partial charge in [0.2, 0.25) is 0 Å². The van der Waals surface area contributed by atoms with Gasteiger partial charge in [-0.25, -0.2) is 0 Å².